The van der Waals surface area contributed by atoms with Crippen LogP contribution >= 0.6 is 43.6 Å². The Morgan fingerprint density at radius 2 is 0.947 bits per heavy atom. The summed E-state index contributed by atoms with van der Waals surface area (Å²) in [5.41, 5.74) is 7.63. The largest absolute Gasteiger partial charge is 2.00 e. The molecule has 2 aliphatic rings. The third-order valence-corrected chi connectivity index (χ3v) is 8.77. The number of aliphatic hydroxyl groups is 2. The summed E-state index contributed by atoms with van der Waals surface area (Å²) >= 11 is 9.44. The van der Waals surface area contributed by atoms with Gasteiger partial charge in [0.05, 0.1) is 0 Å². The fourth-order valence-electron chi connectivity index (χ4n) is 4.68. The summed E-state index contributed by atoms with van der Waals surface area (Å²) in [4.78, 5) is 2.50. The molecule has 6 heteroatoms. The van der Waals surface area contributed by atoms with Crippen LogP contribution in [0.15, 0.2) is 104 Å². The Morgan fingerprint density at radius 3 is 1.32 bits per heavy atom. The molecular weight excluding hydrogens is 699 g/mol. The first kappa shape index (κ1) is 31.0. The van der Waals surface area contributed by atoms with E-state index in [2.05, 4.69) is 141 Å². The molecule has 0 fully saturated rings. The van der Waals surface area contributed by atoms with Crippen LogP contribution in [0.5, 0.6) is 0 Å². The van der Waals surface area contributed by atoms with Gasteiger partial charge in [0.25, 0.3) is 0 Å². The number of rotatable bonds is 4. The first-order valence-electron chi connectivity index (χ1n) is 11.7. The van der Waals surface area contributed by atoms with Gasteiger partial charge in [-0.25, -0.2) is 12.2 Å². The molecule has 4 aromatic carbocycles. The smallest absolute Gasteiger partial charge is 0.400 e. The van der Waals surface area contributed by atoms with Gasteiger partial charge in [0.15, 0.2) is 0 Å². The van der Waals surface area contributed by atoms with Crippen LogP contribution in [0.25, 0.3) is 12.2 Å². The fraction of sp³-hybridized carbons (Fsp3) is 0.125. The second kappa shape index (κ2) is 14.7. The summed E-state index contributed by atoms with van der Waals surface area (Å²) in [6.07, 6.45) is 11.5. The summed E-state index contributed by atoms with van der Waals surface area (Å²) in [6.45, 7) is 0. The molecule has 0 amide bonds. The molecule has 0 heterocycles. The molecule has 0 spiro atoms. The number of aliphatic hydroxyl groups excluding tert-OH is 2. The molecule has 2 aliphatic carbocycles. The van der Waals surface area contributed by atoms with Crippen molar-refractivity contribution in [1.82, 2.24) is 0 Å². The SMILES string of the molecule is Brc1ccc(Sc2ccc(Br)c3c2C=[C-]C3c2ccccc2)c2c1C(c1ccccc1)[C-]=C2.CO.CO.[Zr+2]. The van der Waals surface area contributed by atoms with Gasteiger partial charge in [-0.15, -0.1) is 22.9 Å². The van der Waals surface area contributed by atoms with Crippen LogP contribution in [0, 0.1) is 12.2 Å². The topological polar surface area (TPSA) is 40.5 Å². The quantitative estimate of drug-likeness (QED) is 0.208. The molecule has 0 aliphatic heterocycles. The molecule has 2 nitrogen and oxygen atoms in total. The fourth-order valence-corrected chi connectivity index (χ4v) is 6.89. The van der Waals surface area contributed by atoms with Crippen molar-refractivity contribution in [1.29, 1.82) is 0 Å². The molecule has 2 unspecified atom stereocenters. The number of hydrogen-bond donors (Lipinski definition) is 2. The van der Waals surface area contributed by atoms with Crippen molar-refractivity contribution in [3.05, 3.63) is 139 Å². The molecule has 38 heavy (non-hydrogen) atoms. The standard InChI is InChI=1S/C30H18Br2S.2CH4O.Zr/c31-25-15-17-27(23-13-11-21(29(23)25)19-7-3-1-4-8-19)33-28-18-16-26(32)30-22(12-14-24(28)30)20-9-5-2-6-10-20;2*1-2;/h1-10,13-18,21-22H;2*2H,1H3;/q-2;;;+2. The normalized spacial score (nSPS) is 15.8. The van der Waals surface area contributed by atoms with Crippen LogP contribution in [-0.2, 0) is 26.2 Å². The van der Waals surface area contributed by atoms with Crippen LogP contribution in [0.4, 0.5) is 0 Å². The average molecular weight is 726 g/mol. The molecule has 0 aromatic heterocycles. The maximum Gasteiger partial charge on any atom is 2.00 e. The van der Waals surface area contributed by atoms with Crippen molar-refractivity contribution in [3.63, 3.8) is 0 Å². The zero-order valence-corrected chi connectivity index (χ0v) is 27.4. The minimum Gasteiger partial charge on any atom is -0.400 e. The second-order valence-electron chi connectivity index (χ2n) is 8.16. The van der Waals surface area contributed by atoms with Gasteiger partial charge in [-0.3, -0.25) is 12.2 Å². The third-order valence-electron chi connectivity index (χ3n) is 6.24. The maximum atomic E-state index is 7.00. The van der Waals surface area contributed by atoms with Gasteiger partial charge in [-0.05, 0) is 12.1 Å². The molecular formula is C32H26Br2O2SZr. The molecule has 6 rings (SSSR count). The molecule has 190 valence electrons. The van der Waals surface area contributed by atoms with Crippen molar-refractivity contribution in [2.75, 3.05) is 14.2 Å². The Morgan fingerprint density at radius 1 is 0.579 bits per heavy atom. The van der Waals surface area contributed by atoms with E-state index < -0.39 is 0 Å². The van der Waals surface area contributed by atoms with Gasteiger partial charge >= 0.3 is 26.2 Å². The van der Waals surface area contributed by atoms with Gasteiger partial charge in [0.1, 0.15) is 0 Å². The zero-order valence-electron chi connectivity index (χ0n) is 21.0. The summed E-state index contributed by atoms with van der Waals surface area (Å²) in [7, 11) is 2.00. The van der Waals surface area contributed by atoms with E-state index >= 15 is 0 Å². The number of benzene rings is 4. The summed E-state index contributed by atoms with van der Waals surface area (Å²) < 4.78 is 2.27. The van der Waals surface area contributed by atoms with Crippen molar-refractivity contribution in [2.24, 2.45) is 0 Å². The predicted octanol–water partition coefficient (Wildman–Crippen LogP) is 8.50. The van der Waals surface area contributed by atoms with E-state index in [1.165, 1.54) is 43.2 Å². The van der Waals surface area contributed by atoms with Crippen LogP contribution in [0.1, 0.15) is 45.2 Å². The number of hydrogen-bond acceptors (Lipinski definition) is 3. The minimum absolute atomic E-state index is 0. The molecule has 0 saturated heterocycles. The van der Waals surface area contributed by atoms with Gasteiger partial charge in [0.2, 0.25) is 0 Å². The number of halogens is 2. The summed E-state index contributed by atoms with van der Waals surface area (Å²) in [6, 6.07) is 30.0. The van der Waals surface area contributed by atoms with E-state index in [9.17, 15) is 0 Å². The van der Waals surface area contributed by atoms with Crippen LogP contribution in [0.3, 0.4) is 0 Å². The third kappa shape index (κ3) is 6.27. The molecule has 2 N–H and O–H groups in total. The van der Waals surface area contributed by atoms with E-state index in [0.717, 1.165) is 23.2 Å². The van der Waals surface area contributed by atoms with Crippen LogP contribution < -0.4 is 0 Å². The van der Waals surface area contributed by atoms with Crippen molar-refractivity contribution in [2.45, 2.75) is 21.6 Å². The van der Waals surface area contributed by atoms with Crippen LogP contribution in [0.2, 0.25) is 0 Å². The van der Waals surface area contributed by atoms with Gasteiger partial charge < -0.3 is 10.2 Å². The second-order valence-corrected chi connectivity index (χ2v) is 10.9. The predicted molar refractivity (Wildman–Crippen MR) is 161 cm³/mol. The monoisotopic (exact) mass is 722 g/mol. The van der Waals surface area contributed by atoms with Crippen molar-refractivity contribution >= 4 is 55.8 Å². The zero-order chi connectivity index (χ0) is 26.4. The Hall–Kier alpha value is -1.53. The van der Waals surface area contributed by atoms with Gasteiger partial charge in [-0.2, -0.15) is 11.1 Å². The molecule has 2 atom stereocenters. The summed E-state index contributed by atoms with van der Waals surface area (Å²) in [5.74, 6) is 0.310. The Balaban J connectivity index is 0.000000766. The Labute approximate surface area is 265 Å². The molecule has 0 saturated carbocycles. The minimum atomic E-state index is 0. The van der Waals surface area contributed by atoms with Gasteiger partial charge in [-0.1, -0.05) is 137 Å². The molecule has 0 bridgehead atoms. The Kier molecular flexibility index (Phi) is 12.0. The Bertz CT molecular complexity index is 1310. The van der Waals surface area contributed by atoms with E-state index in [1.807, 2.05) is 11.8 Å². The van der Waals surface area contributed by atoms with Crippen molar-refractivity contribution < 1.29 is 36.4 Å². The van der Waals surface area contributed by atoms with Gasteiger partial charge in [0, 0.05) is 23.2 Å². The first-order chi connectivity index (χ1) is 18.2. The summed E-state index contributed by atoms with van der Waals surface area (Å²) in [5, 5.41) is 14.0. The number of fused-ring (bicyclic) bond motifs is 2. The average Bonchev–Trinajstić information content (AvgIpc) is 3.62. The van der Waals surface area contributed by atoms with E-state index in [4.69, 9.17) is 10.2 Å². The molecule has 0 radical (unpaired) electrons. The maximum absolute atomic E-state index is 7.00. The van der Waals surface area contributed by atoms with Crippen molar-refractivity contribution in [3.8, 4) is 0 Å². The first-order valence-corrected chi connectivity index (χ1v) is 14.1. The van der Waals surface area contributed by atoms with E-state index in [1.54, 1.807) is 0 Å². The van der Waals surface area contributed by atoms with Crippen LogP contribution in [-0.4, -0.2) is 24.4 Å². The number of allylic oxidation sites excluding steroid dienone is 2. The molecule has 4 aromatic rings. The van der Waals surface area contributed by atoms with E-state index in [-0.39, 0.29) is 38.0 Å². The van der Waals surface area contributed by atoms with E-state index in [0.29, 0.717) is 0 Å².